The summed E-state index contributed by atoms with van der Waals surface area (Å²) in [7, 11) is 10.6. The number of methoxy groups -OCH3 is 3. The molecule has 7 heteroatoms. The van der Waals surface area contributed by atoms with E-state index in [4.69, 9.17) is 14.2 Å². The molecule has 2 N–H and O–H groups in total. The molecule has 0 aromatic heterocycles. The highest BCUT2D eigenvalue weighted by Crippen LogP contribution is 2.39. The number of hydrogen-bond acceptors (Lipinski definition) is 5. The van der Waals surface area contributed by atoms with Crippen molar-refractivity contribution in [3.8, 4) is 17.2 Å². The molecule has 0 aliphatic carbocycles. The smallest absolute Gasteiger partial charge is 0.203 e. The van der Waals surface area contributed by atoms with E-state index in [0.29, 0.717) is 29.8 Å². The number of ether oxygens (including phenoxy) is 3. The Morgan fingerprint density at radius 3 is 2.11 bits per heavy atom. The fourth-order valence-electron chi connectivity index (χ4n) is 2.80. The Morgan fingerprint density at radius 1 is 1.00 bits per heavy atom. The zero-order chi connectivity index (χ0) is 20.7. The number of rotatable bonds is 7. The summed E-state index contributed by atoms with van der Waals surface area (Å²) >= 11 is 0. The molecule has 0 atom stereocenters. The van der Waals surface area contributed by atoms with Crippen LogP contribution in [-0.4, -0.2) is 48.4 Å². The summed E-state index contributed by atoms with van der Waals surface area (Å²) in [6, 6.07) is 10.1. The molecule has 7 nitrogen and oxygen atoms in total. The minimum Gasteiger partial charge on any atom is -0.493 e. The summed E-state index contributed by atoms with van der Waals surface area (Å²) in [5.41, 5.74) is 4.39. The number of aliphatic imine (C=N–C) groups is 1. The first kappa shape index (κ1) is 21.2. The molecule has 0 amide bonds. The minimum absolute atomic E-state index is 0.551. The van der Waals surface area contributed by atoms with Crippen molar-refractivity contribution in [2.45, 2.75) is 13.5 Å². The second-order valence-corrected chi connectivity index (χ2v) is 6.47. The van der Waals surface area contributed by atoms with Crippen LogP contribution in [0, 0.1) is 6.92 Å². The molecule has 28 heavy (non-hydrogen) atoms. The predicted molar refractivity (Wildman–Crippen MR) is 115 cm³/mol. The van der Waals surface area contributed by atoms with Gasteiger partial charge in [-0.3, -0.25) is 4.99 Å². The highest BCUT2D eigenvalue weighted by molar-refractivity contribution is 5.94. The fraction of sp³-hybridized carbons (Fsp3) is 0.381. The highest BCUT2D eigenvalue weighted by atomic mass is 16.5. The Morgan fingerprint density at radius 2 is 1.64 bits per heavy atom. The number of hydrogen-bond donors (Lipinski definition) is 2. The topological polar surface area (TPSA) is 67.4 Å². The summed E-state index contributed by atoms with van der Waals surface area (Å²) in [5, 5.41) is 6.60. The first-order chi connectivity index (χ1) is 13.4. The summed E-state index contributed by atoms with van der Waals surface area (Å²) < 4.78 is 16.2. The lowest BCUT2D eigenvalue weighted by atomic mass is 10.1. The van der Waals surface area contributed by atoms with E-state index in [1.807, 2.05) is 26.2 Å². The van der Waals surface area contributed by atoms with Gasteiger partial charge in [0.25, 0.3) is 0 Å². The fourth-order valence-corrected chi connectivity index (χ4v) is 2.80. The molecular formula is C21H30N4O3. The molecule has 2 rings (SSSR count). The van der Waals surface area contributed by atoms with Crippen LogP contribution in [0.5, 0.6) is 17.2 Å². The van der Waals surface area contributed by atoms with Crippen LogP contribution in [0.2, 0.25) is 0 Å². The van der Waals surface area contributed by atoms with Crippen LogP contribution in [0.4, 0.5) is 11.4 Å². The third-order valence-electron chi connectivity index (χ3n) is 4.44. The third-order valence-corrected chi connectivity index (χ3v) is 4.44. The van der Waals surface area contributed by atoms with Crippen LogP contribution < -0.4 is 29.7 Å². The zero-order valence-corrected chi connectivity index (χ0v) is 17.7. The first-order valence-corrected chi connectivity index (χ1v) is 8.98. The summed E-state index contributed by atoms with van der Waals surface area (Å²) in [6.45, 7) is 2.77. The van der Waals surface area contributed by atoms with Gasteiger partial charge in [-0.2, -0.15) is 0 Å². The van der Waals surface area contributed by atoms with Gasteiger partial charge >= 0.3 is 0 Å². The minimum atomic E-state index is 0.551. The average Bonchev–Trinajstić information content (AvgIpc) is 2.70. The predicted octanol–water partition coefficient (Wildman–Crippen LogP) is 3.27. The van der Waals surface area contributed by atoms with Crippen LogP contribution in [0.15, 0.2) is 35.3 Å². The number of benzene rings is 2. The molecule has 0 saturated carbocycles. The van der Waals surface area contributed by atoms with Crippen molar-refractivity contribution in [2.75, 3.05) is 52.7 Å². The van der Waals surface area contributed by atoms with E-state index in [1.165, 1.54) is 16.8 Å². The van der Waals surface area contributed by atoms with Crippen molar-refractivity contribution in [3.05, 3.63) is 41.5 Å². The van der Waals surface area contributed by atoms with E-state index in [2.05, 4.69) is 45.6 Å². The maximum atomic E-state index is 5.40. The zero-order valence-electron chi connectivity index (χ0n) is 17.7. The van der Waals surface area contributed by atoms with E-state index < -0.39 is 0 Å². The lowest BCUT2D eigenvalue weighted by Crippen LogP contribution is -2.30. The van der Waals surface area contributed by atoms with Gasteiger partial charge in [0.15, 0.2) is 17.5 Å². The molecule has 0 saturated heterocycles. The normalized spacial score (nSPS) is 11.0. The molecule has 0 aliphatic rings. The van der Waals surface area contributed by atoms with Gasteiger partial charge in [0.05, 0.1) is 21.3 Å². The van der Waals surface area contributed by atoms with Crippen LogP contribution >= 0.6 is 0 Å². The molecule has 2 aromatic carbocycles. The van der Waals surface area contributed by atoms with Crippen molar-refractivity contribution in [1.29, 1.82) is 0 Å². The lowest BCUT2D eigenvalue weighted by molar-refractivity contribution is 0.324. The largest absolute Gasteiger partial charge is 0.493 e. The monoisotopic (exact) mass is 386 g/mol. The molecule has 0 radical (unpaired) electrons. The molecule has 0 spiro atoms. The number of guanidine groups is 1. The number of nitrogens with zero attached hydrogens (tertiary/aromatic N) is 2. The van der Waals surface area contributed by atoms with Gasteiger partial charge in [0, 0.05) is 51.2 Å². The first-order valence-electron chi connectivity index (χ1n) is 8.98. The van der Waals surface area contributed by atoms with Crippen molar-refractivity contribution in [1.82, 2.24) is 5.32 Å². The SMILES string of the molecule is CN=C(NCc1ccc(N(C)C)cc1C)Nc1cc(OC)c(OC)c(OC)c1. The van der Waals surface area contributed by atoms with Gasteiger partial charge in [-0.1, -0.05) is 6.07 Å². The Bertz CT molecular complexity index is 809. The van der Waals surface area contributed by atoms with Gasteiger partial charge < -0.3 is 29.7 Å². The maximum absolute atomic E-state index is 5.40. The van der Waals surface area contributed by atoms with E-state index in [0.717, 1.165) is 5.69 Å². The van der Waals surface area contributed by atoms with Gasteiger partial charge in [-0.05, 0) is 30.2 Å². The summed E-state index contributed by atoms with van der Waals surface area (Å²) in [4.78, 5) is 6.39. The molecule has 2 aromatic rings. The molecule has 0 unspecified atom stereocenters. The molecule has 0 bridgehead atoms. The van der Waals surface area contributed by atoms with Crippen LogP contribution in [0.25, 0.3) is 0 Å². The number of anilines is 2. The molecular weight excluding hydrogens is 356 g/mol. The van der Waals surface area contributed by atoms with E-state index in [1.54, 1.807) is 28.4 Å². The highest BCUT2D eigenvalue weighted by Gasteiger charge is 2.14. The van der Waals surface area contributed by atoms with Gasteiger partial charge in [0.1, 0.15) is 0 Å². The lowest BCUT2D eigenvalue weighted by Gasteiger charge is -2.18. The number of aryl methyl sites for hydroxylation is 1. The molecule has 0 aliphatic heterocycles. The average molecular weight is 386 g/mol. The third kappa shape index (κ3) is 5.00. The second-order valence-electron chi connectivity index (χ2n) is 6.47. The maximum Gasteiger partial charge on any atom is 0.203 e. The summed E-state index contributed by atoms with van der Waals surface area (Å²) in [5.74, 6) is 2.35. The molecule has 0 fully saturated rings. The van der Waals surface area contributed by atoms with Gasteiger partial charge in [-0.25, -0.2) is 0 Å². The van der Waals surface area contributed by atoms with E-state index in [-0.39, 0.29) is 0 Å². The second kappa shape index (κ2) is 9.73. The van der Waals surface area contributed by atoms with Crippen molar-refractivity contribution in [2.24, 2.45) is 4.99 Å². The summed E-state index contributed by atoms with van der Waals surface area (Å²) in [6.07, 6.45) is 0. The van der Waals surface area contributed by atoms with Crippen molar-refractivity contribution < 1.29 is 14.2 Å². The molecule has 0 heterocycles. The van der Waals surface area contributed by atoms with Gasteiger partial charge in [-0.15, -0.1) is 0 Å². The van der Waals surface area contributed by atoms with E-state index >= 15 is 0 Å². The Hall–Kier alpha value is -3.09. The molecule has 152 valence electrons. The Labute approximate surface area is 167 Å². The van der Waals surface area contributed by atoms with Gasteiger partial charge in [0.2, 0.25) is 5.75 Å². The van der Waals surface area contributed by atoms with Crippen LogP contribution in [0.1, 0.15) is 11.1 Å². The standard InChI is InChI=1S/C21H30N4O3/c1-14-10-17(25(3)4)9-8-15(14)13-23-21(22-2)24-16-11-18(26-5)20(28-7)19(12-16)27-6/h8-12H,13H2,1-7H3,(H2,22,23,24). The Kier molecular flexibility index (Phi) is 7.37. The van der Waals surface area contributed by atoms with Crippen LogP contribution in [0.3, 0.4) is 0 Å². The van der Waals surface area contributed by atoms with Crippen LogP contribution in [-0.2, 0) is 6.54 Å². The van der Waals surface area contributed by atoms with Crippen molar-refractivity contribution in [3.63, 3.8) is 0 Å². The Balaban J connectivity index is 2.13. The number of nitrogens with one attached hydrogen (secondary N) is 2. The quantitative estimate of drug-likeness (QED) is 0.562. The van der Waals surface area contributed by atoms with Crippen molar-refractivity contribution >= 4 is 17.3 Å². The van der Waals surface area contributed by atoms with E-state index in [9.17, 15) is 0 Å².